The fourth-order valence-corrected chi connectivity index (χ4v) is 2.87. The minimum atomic E-state index is 0.489. The molecule has 3 rings (SSSR count). The van der Waals surface area contributed by atoms with Crippen LogP contribution in [0.5, 0.6) is 5.75 Å². The Morgan fingerprint density at radius 1 is 1.27 bits per heavy atom. The Hall–Kier alpha value is -2.07. The van der Waals surface area contributed by atoms with E-state index in [0.29, 0.717) is 6.04 Å². The van der Waals surface area contributed by atoms with Gasteiger partial charge in [0.05, 0.1) is 7.11 Å². The number of hydrogen-bond donors (Lipinski definition) is 0. The molecule has 0 bridgehead atoms. The zero-order valence-electron chi connectivity index (χ0n) is 13.5. The van der Waals surface area contributed by atoms with E-state index < -0.39 is 0 Å². The van der Waals surface area contributed by atoms with Crippen LogP contribution in [0.4, 0.5) is 5.82 Å². The Bertz CT molecular complexity index is 624. The summed E-state index contributed by atoms with van der Waals surface area (Å²) in [6.45, 7) is 2.08. The van der Waals surface area contributed by atoms with Crippen molar-refractivity contribution in [2.45, 2.75) is 19.0 Å². The Morgan fingerprint density at radius 3 is 2.73 bits per heavy atom. The maximum atomic E-state index is 5.33. The SMILES string of the molecule is COc1cccc([C@H]2CCN2Cc2ccc(N(C)C)nc2)c1. The number of benzene rings is 1. The van der Waals surface area contributed by atoms with Gasteiger partial charge in [0.15, 0.2) is 0 Å². The van der Waals surface area contributed by atoms with Crippen LogP contribution in [-0.2, 0) is 6.54 Å². The second-order valence-corrected chi connectivity index (χ2v) is 5.97. The van der Waals surface area contributed by atoms with Crippen LogP contribution in [0.25, 0.3) is 0 Å². The van der Waals surface area contributed by atoms with E-state index in [-0.39, 0.29) is 0 Å². The predicted octanol–water partition coefficient (Wildman–Crippen LogP) is 3.10. The number of hydrogen-bond acceptors (Lipinski definition) is 4. The van der Waals surface area contributed by atoms with E-state index in [9.17, 15) is 0 Å². The highest BCUT2D eigenvalue weighted by Crippen LogP contribution is 2.35. The Kier molecular flexibility index (Phi) is 4.29. The van der Waals surface area contributed by atoms with Crippen molar-refractivity contribution in [1.29, 1.82) is 0 Å². The molecule has 4 heteroatoms. The lowest BCUT2D eigenvalue weighted by atomic mass is 9.94. The van der Waals surface area contributed by atoms with E-state index in [2.05, 4.69) is 40.2 Å². The van der Waals surface area contributed by atoms with E-state index in [1.165, 1.54) is 17.5 Å². The van der Waals surface area contributed by atoms with Gasteiger partial charge in [-0.15, -0.1) is 0 Å². The van der Waals surface area contributed by atoms with E-state index in [1.54, 1.807) is 7.11 Å². The normalized spacial score (nSPS) is 17.9. The molecular weight excluding hydrogens is 274 g/mol. The van der Waals surface area contributed by atoms with Crippen molar-refractivity contribution in [2.24, 2.45) is 0 Å². The first kappa shape index (κ1) is 14.9. The lowest BCUT2D eigenvalue weighted by molar-refractivity contribution is 0.0816. The second kappa shape index (κ2) is 6.36. The lowest BCUT2D eigenvalue weighted by Gasteiger charge is -2.41. The van der Waals surface area contributed by atoms with Crippen LogP contribution in [0.1, 0.15) is 23.6 Å². The van der Waals surface area contributed by atoms with Gasteiger partial charge in [-0.1, -0.05) is 18.2 Å². The van der Waals surface area contributed by atoms with E-state index >= 15 is 0 Å². The van der Waals surface area contributed by atoms with E-state index in [4.69, 9.17) is 4.74 Å². The third kappa shape index (κ3) is 3.07. The first-order chi connectivity index (χ1) is 10.7. The molecule has 1 aliphatic rings. The van der Waals surface area contributed by atoms with Crippen LogP contribution >= 0.6 is 0 Å². The molecule has 1 fully saturated rings. The Labute approximate surface area is 132 Å². The van der Waals surface area contributed by atoms with Gasteiger partial charge in [-0.2, -0.15) is 0 Å². The van der Waals surface area contributed by atoms with Crippen molar-refractivity contribution in [3.8, 4) is 5.75 Å². The number of nitrogens with zero attached hydrogens (tertiary/aromatic N) is 3. The van der Waals surface area contributed by atoms with Crippen LogP contribution in [0.3, 0.4) is 0 Å². The standard InChI is InChI=1S/C18H23N3O/c1-20(2)18-8-7-14(12-19-18)13-21-10-9-17(21)15-5-4-6-16(11-15)22-3/h4-8,11-12,17H,9-10,13H2,1-3H3/t17-/m1/s1. The Morgan fingerprint density at radius 2 is 2.14 bits per heavy atom. The summed E-state index contributed by atoms with van der Waals surface area (Å²) in [6.07, 6.45) is 3.19. The van der Waals surface area contributed by atoms with Crippen molar-refractivity contribution >= 4 is 5.82 Å². The molecule has 0 spiro atoms. The predicted molar refractivity (Wildman–Crippen MR) is 89.3 cm³/mol. The molecule has 0 amide bonds. The molecule has 116 valence electrons. The summed E-state index contributed by atoms with van der Waals surface area (Å²) in [6, 6.07) is 13.1. The molecule has 1 aromatic heterocycles. The molecular formula is C18H23N3O. The molecule has 1 aromatic carbocycles. The first-order valence-corrected chi connectivity index (χ1v) is 7.67. The lowest BCUT2D eigenvalue weighted by Crippen LogP contribution is -2.40. The number of anilines is 1. The summed E-state index contributed by atoms with van der Waals surface area (Å²) in [5, 5.41) is 0. The molecule has 0 saturated carbocycles. The number of rotatable bonds is 5. The van der Waals surface area contributed by atoms with Gasteiger partial charge in [0.25, 0.3) is 0 Å². The van der Waals surface area contributed by atoms with Gasteiger partial charge in [0.1, 0.15) is 11.6 Å². The second-order valence-electron chi connectivity index (χ2n) is 5.97. The number of likely N-dealkylation sites (tertiary alicyclic amines) is 1. The Balaban J connectivity index is 1.68. The number of methoxy groups -OCH3 is 1. The van der Waals surface area contributed by atoms with Gasteiger partial charge in [-0.25, -0.2) is 4.98 Å². The summed E-state index contributed by atoms with van der Waals surface area (Å²) in [5.74, 6) is 1.93. The zero-order valence-corrected chi connectivity index (χ0v) is 13.5. The topological polar surface area (TPSA) is 28.6 Å². The van der Waals surface area contributed by atoms with Gasteiger partial charge in [0, 0.05) is 39.4 Å². The van der Waals surface area contributed by atoms with Crippen molar-refractivity contribution in [3.63, 3.8) is 0 Å². The highest BCUT2D eigenvalue weighted by Gasteiger charge is 2.29. The molecule has 4 nitrogen and oxygen atoms in total. The molecule has 22 heavy (non-hydrogen) atoms. The van der Waals surface area contributed by atoms with Crippen LogP contribution in [0, 0.1) is 0 Å². The summed E-state index contributed by atoms with van der Waals surface area (Å²) in [4.78, 5) is 9.00. The summed E-state index contributed by atoms with van der Waals surface area (Å²) in [5.41, 5.74) is 2.60. The fraction of sp³-hybridized carbons (Fsp3) is 0.389. The third-order valence-corrected chi connectivity index (χ3v) is 4.26. The molecule has 0 radical (unpaired) electrons. The molecule has 2 aromatic rings. The van der Waals surface area contributed by atoms with Crippen LogP contribution < -0.4 is 9.64 Å². The maximum absolute atomic E-state index is 5.33. The van der Waals surface area contributed by atoms with Crippen molar-refractivity contribution in [1.82, 2.24) is 9.88 Å². The van der Waals surface area contributed by atoms with Crippen LogP contribution in [-0.4, -0.2) is 37.6 Å². The largest absolute Gasteiger partial charge is 0.497 e. The van der Waals surface area contributed by atoms with Gasteiger partial charge in [-0.3, -0.25) is 4.90 Å². The average molecular weight is 297 g/mol. The average Bonchev–Trinajstić information content (AvgIpc) is 2.52. The molecule has 1 saturated heterocycles. The summed E-state index contributed by atoms with van der Waals surface area (Å²) in [7, 11) is 5.74. The third-order valence-electron chi connectivity index (χ3n) is 4.26. The van der Waals surface area contributed by atoms with Crippen LogP contribution in [0.2, 0.25) is 0 Å². The van der Waals surface area contributed by atoms with Crippen molar-refractivity contribution in [2.75, 3.05) is 32.6 Å². The van der Waals surface area contributed by atoms with Crippen LogP contribution in [0.15, 0.2) is 42.6 Å². The molecule has 2 heterocycles. The van der Waals surface area contributed by atoms with Gasteiger partial charge in [0.2, 0.25) is 0 Å². The number of ether oxygens (including phenoxy) is 1. The molecule has 0 unspecified atom stereocenters. The minimum Gasteiger partial charge on any atom is -0.497 e. The van der Waals surface area contributed by atoms with E-state index in [1.807, 2.05) is 31.3 Å². The summed E-state index contributed by atoms with van der Waals surface area (Å²) >= 11 is 0. The smallest absolute Gasteiger partial charge is 0.127 e. The van der Waals surface area contributed by atoms with Crippen molar-refractivity contribution < 1.29 is 4.74 Å². The molecule has 0 aliphatic carbocycles. The minimum absolute atomic E-state index is 0.489. The fourth-order valence-electron chi connectivity index (χ4n) is 2.87. The quantitative estimate of drug-likeness (QED) is 0.848. The molecule has 1 atom stereocenters. The van der Waals surface area contributed by atoms with Gasteiger partial charge < -0.3 is 9.64 Å². The summed E-state index contributed by atoms with van der Waals surface area (Å²) < 4.78 is 5.33. The monoisotopic (exact) mass is 297 g/mol. The number of pyridine rings is 1. The maximum Gasteiger partial charge on any atom is 0.127 e. The highest BCUT2D eigenvalue weighted by molar-refractivity contribution is 5.37. The van der Waals surface area contributed by atoms with Gasteiger partial charge >= 0.3 is 0 Å². The molecule has 0 N–H and O–H groups in total. The number of aromatic nitrogens is 1. The first-order valence-electron chi connectivity index (χ1n) is 7.67. The van der Waals surface area contributed by atoms with Gasteiger partial charge in [-0.05, 0) is 35.7 Å². The zero-order chi connectivity index (χ0) is 15.5. The molecule has 1 aliphatic heterocycles. The highest BCUT2D eigenvalue weighted by atomic mass is 16.5. The van der Waals surface area contributed by atoms with Crippen molar-refractivity contribution in [3.05, 3.63) is 53.7 Å². The van der Waals surface area contributed by atoms with E-state index in [0.717, 1.165) is 24.7 Å².